The maximum atomic E-state index is 14.8. The molecule has 0 saturated carbocycles. The van der Waals surface area contributed by atoms with Crippen molar-refractivity contribution in [2.75, 3.05) is 31.6 Å². The molecule has 3 aliphatic heterocycles. The highest BCUT2D eigenvalue weighted by Gasteiger charge is 2.76. The second-order valence-electron chi connectivity index (χ2n) is 11.3. The number of aliphatic hydroxyl groups is 1. The first-order chi connectivity index (χ1) is 19.2. The van der Waals surface area contributed by atoms with Crippen LogP contribution in [-0.2, 0) is 14.4 Å². The fourth-order valence-electron chi connectivity index (χ4n) is 7.31. The van der Waals surface area contributed by atoms with Crippen LogP contribution in [-0.4, -0.2) is 81.5 Å². The molecule has 3 amide bonds. The Balaban J connectivity index is 1.63. The quantitative estimate of drug-likeness (QED) is 0.442. The minimum absolute atomic E-state index is 0.0381. The SMILES string of the molecule is C=CCN(C)C(=O)[C@@H]1[C@@H]2CC(C)C3(S2)C(C(=O)N(CC=C)c2ccc4ccccc4c2)N([C@@H](CC)CO)C(=O)[C@H]13. The normalized spacial score (nSPS) is 29.4. The van der Waals surface area contributed by atoms with Gasteiger partial charge in [-0.2, -0.15) is 0 Å². The van der Waals surface area contributed by atoms with E-state index in [4.69, 9.17) is 0 Å². The summed E-state index contributed by atoms with van der Waals surface area (Å²) in [4.78, 5) is 47.9. The van der Waals surface area contributed by atoms with Crippen LogP contribution in [0.3, 0.4) is 0 Å². The lowest BCUT2D eigenvalue weighted by Gasteiger charge is -2.42. The Kier molecular flexibility index (Phi) is 7.86. The smallest absolute Gasteiger partial charge is 0.251 e. The third-order valence-corrected chi connectivity index (χ3v) is 11.3. The summed E-state index contributed by atoms with van der Waals surface area (Å²) in [6, 6.07) is 12.6. The Morgan fingerprint density at radius 2 is 1.85 bits per heavy atom. The highest BCUT2D eigenvalue weighted by atomic mass is 32.2. The van der Waals surface area contributed by atoms with Crippen molar-refractivity contribution >= 4 is 45.9 Å². The number of hydrogen-bond acceptors (Lipinski definition) is 5. The lowest BCUT2D eigenvalue weighted by Crippen LogP contribution is -2.59. The number of carbonyl (C=O) groups excluding carboxylic acids is 3. The van der Waals surface area contributed by atoms with E-state index in [1.165, 1.54) is 0 Å². The molecule has 0 radical (unpaired) electrons. The summed E-state index contributed by atoms with van der Waals surface area (Å²) in [6.45, 7) is 12.1. The number of likely N-dealkylation sites (tertiary alicyclic amines) is 1. The van der Waals surface area contributed by atoms with Gasteiger partial charge in [0.2, 0.25) is 11.8 Å². The third kappa shape index (κ3) is 4.18. The number of carbonyl (C=O) groups is 3. The number of nitrogens with zero attached hydrogens (tertiary/aromatic N) is 3. The van der Waals surface area contributed by atoms with Crippen LogP contribution >= 0.6 is 11.8 Å². The molecule has 1 N–H and O–H groups in total. The fraction of sp³-hybridized carbons (Fsp3) is 0.469. The van der Waals surface area contributed by atoms with Crippen LogP contribution in [0.5, 0.6) is 0 Å². The number of thioether (sulfide) groups is 1. The van der Waals surface area contributed by atoms with Crippen LogP contribution in [0.2, 0.25) is 0 Å². The number of aliphatic hydroxyl groups excluding tert-OH is 1. The van der Waals surface area contributed by atoms with Crippen molar-refractivity contribution < 1.29 is 19.5 Å². The molecular weight excluding hydrogens is 522 g/mol. The molecule has 3 aliphatic rings. The second-order valence-corrected chi connectivity index (χ2v) is 12.9. The Morgan fingerprint density at radius 3 is 2.50 bits per heavy atom. The van der Waals surface area contributed by atoms with Crippen molar-refractivity contribution in [1.82, 2.24) is 9.80 Å². The summed E-state index contributed by atoms with van der Waals surface area (Å²) in [5.41, 5.74) is 0.733. The standard InChI is InChI=1S/C32H39N3O4S/c1-6-15-33(5)29(37)26-25-17-20(4)32(40-25)27(26)30(38)35(23(8-3)19-36)28(32)31(39)34(16-7-2)24-14-13-21-11-9-10-12-22(21)18-24/h6-7,9-14,18,20,23,25-28,36H,1-2,8,15-17,19H2,3-5H3/t20?,23-,25-,26+,27-,28?,32?/m0/s1. The molecule has 8 heteroatoms. The number of likely N-dealkylation sites (N-methyl/N-ethyl adjacent to an activating group) is 1. The van der Waals surface area contributed by atoms with Gasteiger partial charge in [0.25, 0.3) is 5.91 Å². The summed E-state index contributed by atoms with van der Waals surface area (Å²) in [5, 5.41) is 12.4. The van der Waals surface area contributed by atoms with Gasteiger partial charge in [-0.05, 0) is 41.7 Å². The molecule has 3 saturated heterocycles. The highest BCUT2D eigenvalue weighted by molar-refractivity contribution is 8.02. The maximum absolute atomic E-state index is 14.8. The minimum atomic E-state index is -0.805. The third-order valence-electron chi connectivity index (χ3n) is 9.18. The Hall–Kier alpha value is -3.10. The summed E-state index contributed by atoms with van der Waals surface area (Å²) in [6.07, 6.45) is 4.65. The lowest BCUT2D eigenvalue weighted by molar-refractivity contribution is -0.145. The molecule has 212 valence electrons. The minimum Gasteiger partial charge on any atom is -0.394 e. The van der Waals surface area contributed by atoms with E-state index in [0.29, 0.717) is 13.0 Å². The summed E-state index contributed by atoms with van der Waals surface area (Å²) in [5.74, 6) is -1.55. The number of rotatable bonds is 10. The molecule has 3 fully saturated rings. The van der Waals surface area contributed by atoms with Gasteiger partial charge in [0.05, 0.1) is 29.2 Å². The number of fused-ring (bicyclic) bond motifs is 2. The van der Waals surface area contributed by atoms with Crippen molar-refractivity contribution in [3.05, 3.63) is 67.8 Å². The number of hydrogen-bond donors (Lipinski definition) is 1. The zero-order valence-corrected chi connectivity index (χ0v) is 24.3. The van der Waals surface area contributed by atoms with Crippen LogP contribution in [0.4, 0.5) is 5.69 Å². The predicted octanol–water partition coefficient (Wildman–Crippen LogP) is 4.11. The van der Waals surface area contributed by atoms with E-state index in [0.717, 1.165) is 22.9 Å². The largest absolute Gasteiger partial charge is 0.394 e. The van der Waals surface area contributed by atoms with Crippen molar-refractivity contribution in [3.63, 3.8) is 0 Å². The van der Waals surface area contributed by atoms with Gasteiger partial charge in [-0.1, -0.05) is 56.3 Å². The first-order valence-corrected chi connectivity index (χ1v) is 15.0. The van der Waals surface area contributed by atoms with Crippen LogP contribution in [0.15, 0.2) is 67.8 Å². The number of anilines is 1. The molecule has 5 rings (SSSR count). The van der Waals surface area contributed by atoms with Crippen molar-refractivity contribution in [1.29, 1.82) is 0 Å². The van der Waals surface area contributed by atoms with Crippen molar-refractivity contribution in [2.24, 2.45) is 17.8 Å². The molecule has 2 aromatic carbocycles. The van der Waals surface area contributed by atoms with E-state index in [-0.39, 0.29) is 42.0 Å². The average molecular weight is 562 g/mol. The summed E-state index contributed by atoms with van der Waals surface area (Å²) in [7, 11) is 1.74. The monoisotopic (exact) mass is 561 g/mol. The van der Waals surface area contributed by atoms with Crippen LogP contribution < -0.4 is 4.90 Å². The van der Waals surface area contributed by atoms with E-state index in [9.17, 15) is 19.5 Å². The first kappa shape index (κ1) is 28.4. The van der Waals surface area contributed by atoms with Gasteiger partial charge in [0.15, 0.2) is 0 Å². The fourth-order valence-corrected chi connectivity index (χ4v) is 9.71. The Bertz CT molecular complexity index is 1340. The highest BCUT2D eigenvalue weighted by Crippen LogP contribution is 2.69. The zero-order valence-electron chi connectivity index (χ0n) is 23.5. The van der Waals surface area contributed by atoms with Crippen LogP contribution in [0, 0.1) is 17.8 Å². The van der Waals surface area contributed by atoms with E-state index in [1.54, 1.807) is 45.7 Å². The van der Waals surface area contributed by atoms with Crippen LogP contribution in [0.1, 0.15) is 26.7 Å². The molecule has 7 atom stereocenters. The average Bonchev–Trinajstić information content (AvgIpc) is 3.55. The maximum Gasteiger partial charge on any atom is 0.251 e. The molecule has 3 unspecified atom stereocenters. The van der Waals surface area contributed by atoms with Crippen molar-refractivity contribution in [2.45, 2.75) is 48.8 Å². The number of amides is 3. The van der Waals surface area contributed by atoms with E-state index in [2.05, 4.69) is 20.1 Å². The van der Waals surface area contributed by atoms with Crippen molar-refractivity contribution in [3.8, 4) is 0 Å². The number of benzene rings is 2. The molecule has 2 aromatic rings. The van der Waals surface area contributed by atoms with Gasteiger partial charge in [0.1, 0.15) is 6.04 Å². The molecule has 40 heavy (non-hydrogen) atoms. The topological polar surface area (TPSA) is 81.2 Å². The molecule has 1 spiro atoms. The first-order valence-electron chi connectivity index (χ1n) is 14.1. The van der Waals surface area contributed by atoms with Gasteiger partial charge < -0.3 is 19.8 Å². The summed E-state index contributed by atoms with van der Waals surface area (Å²) < 4.78 is -0.757. The van der Waals surface area contributed by atoms with E-state index >= 15 is 0 Å². The lowest BCUT2D eigenvalue weighted by atomic mass is 9.65. The molecule has 0 aromatic heterocycles. The molecular formula is C32H39N3O4S. The molecule has 3 heterocycles. The van der Waals surface area contributed by atoms with Gasteiger partial charge >= 0.3 is 0 Å². The molecule has 0 aliphatic carbocycles. The molecule has 2 bridgehead atoms. The Morgan fingerprint density at radius 1 is 1.15 bits per heavy atom. The molecule has 7 nitrogen and oxygen atoms in total. The van der Waals surface area contributed by atoms with E-state index in [1.807, 2.05) is 49.4 Å². The predicted molar refractivity (Wildman–Crippen MR) is 161 cm³/mol. The van der Waals surface area contributed by atoms with E-state index < -0.39 is 28.7 Å². The summed E-state index contributed by atoms with van der Waals surface area (Å²) >= 11 is 1.65. The van der Waals surface area contributed by atoms with Gasteiger partial charge in [-0.3, -0.25) is 14.4 Å². The Labute approximate surface area is 240 Å². The van der Waals surface area contributed by atoms with Gasteiger partial charge in [-0.25, -0.2) is 0 Å². The van der Waals surface area contributed by atoms with Crippen LogP contribution in [0.25, 0.3) is 10.8 Å². The van der Waals surface area contributed by atoms with Gasteiger partial charge in [0, 0.05) is 31.1 Å². The zero-order chi connectivity index (χ0) is 28.8. The second kappa shape index (κ2) is 11.1. The van der Waals surface area contributed by atoms with Gasteiger partial charge in [-0.15, -0.1) is 24.9 Å².